The topological polar surface area (TPSA) is 47.9 Å². The van der Waals surface area contributed by atoms with Crippen molar-refractivity contribution in [1.29, 1.82) is 0 Å². The summed E-state index contributed by atoms with van der Waals surface area (Å²) in [4.78, 5) is 15.6. The Balaban J connectivity index is 1.47. The van der Waals surface area contributed by atoms with Gasteiger partial charge in [0.1, 0.15) is 16.2 Å². The van der Waals surface area contributed by atoms with Crippen molar-refractivity contribution in [3.8, 4) is 11.3 Å². The van der Waals surface area contributed by atoms with Gasteiger partial charge in [-0.05, 0) is 31.4 Å². The highest BCUT2D eigenvalue weighted by Crippen LogP contribution is 2.44. The molecule has 1 aliphatic rings. The van der Waals surface area contributed by atoms with Gasteiger partial charge in [-0.3, -0.25) is 0 Å². The van der Waals surface area contributed by atoms with E-state index in [1.165, 1.54) is 22.1 Å². The summed E-state index contributed by atoms with van der Waals surface area (Å²) >= 11 is 3.52. The summed E-state index contributed by atoms with van der Waals surface area (Å²) in [6, 6.07) is 21.1. The Hall–Kier alpha value is -2.80. The average molecular weight is 484 g/mol. The number of hydrogen-bond acceptors (Lipinski definition) is 6. The van der Waals surface area contributed by atoms with Crippen LogP contribution >= 0.6 is 23.1 Å². The summed E-state index contributed by atoms with van der Waals surface area (Å²) in [5.41, 5.74) is 6.82. The van der Waals surface area contributed by atoms with E-state index in [1.807, 2.05) is 6.07 Å². The van der Waals surface area contributed by atoms with Crippen molar-refractivity contribution in [3.63, 3.8) is 0 Å². The van der Waals surface area contributed by atoms with Crippen molar-refractivity contribution >= 4 is 43.5 Å². The highest BCUT2D eigenvalue weighted by atomic mass is 32.2. The minimum absolute atomic E-state index is 0.218. The molecule has 0 radical (unpaired) electrons. The molecule has 6 heteroatoms. The number of ether oxygens (including phenoxy) is 1. The van der Waals surface area contributed by atoms with E-state index in [9.17, 15) is 0 Å². The van der Waals surface area contributed by atoms with Crippen LogP contribution in [0.3, 0.4) is 0 Å². The first kappa shape index (κ1) is 21.7. The van der Waals surface area contributed by atoms with Crippen LogP contribution in [0.2, 0.25) is 0 Å². The molecule has 0 atom stereocenters. The molecular formula is C28H25N3OS2. The van der Waals surface area contributed by atoms with Gasteiger partial charge in [-0.15, -0.1) is 23.1 Å². The van der Waals surface area contributed by atoms with E-state index in [4.69, 9.17) is 14.7 Å². The Kier molecular flexibility index (Phi) is 5.60. The smallest absolute Gasteiger partial charge is 0.127 e. The Bertz CT molecular complexity index is 1480. The summed E-state index contributed by atoms with van der Waals surface area (Å²) in [5, 5.41) is 2.23. The molecule has 170 valence electrons. The Morgan fingerprint density at radius 2 is 1.74 bits per heavy atom. The molecular weight excluding hydrogens is 458 g/mol. The molecule has 6 rings (SSSR count). The van der Waals surface area contributed by atoms with Crippen molar-refractivity contribution < 1.29 is 4.74 Å². The predicted molar refractivity (Wildman–Crippen MR) is 142 cm³/mol. The van der Waals surface area contributed by atoms with Crippen LogP contribution in [0, 0.1) is 0 Å². The molecule has 1 aliphatic heterocycles. The number of pyridine rings is 1. The van der Waals surface area contributed by atoms with Gasteiger partial charge in [0, 0.05) is 28.7 Å². The SMILES string of the molecule is CC1(C)Cc2c(c(-c3ccccc3)nc3sc4c(SCCc5ccccc5)ncnc4c23)CO1. The molecule has 4 heterocycles. The van der Waals surface area contributed by atoms with E-state index in [0.717, 1.165) is 49.9 Å². The highest BCUT2D eigenvalue weighted by Gasteiger charge is 2.32. The van der Waals surface area contributed by atoms with Crippen LogP contribution in [0.15, 0.2) is 72.0 Å². The van der Waals surface area contributed by atoms with Gasteiger partial charge in [0.05, 0.1) is 28.1 Å². The average Bonchev–Trinajstić information content (AvgIpc) is 3.24. The molecule has 4 nitrogen and oxygen atoms in total. The highest BCUT2D eigenvalue weighted by molar-refractivity contribution is 7.99. The van der Waals surface area contributed by atoms with Crippen molar-refractivity contribution in [1.82, 2.24) is 15.0 Å². The molecule has 3 aromatic heterocycles. The van der Waals surface area contributed by atoms with E-state index in [0.29, 0.717) is 6.61 Å². The van der Waals surface area contributed by atoms with E-state index in [-0.39, 0.29) is 5.60 Å². The van der Waals surface area contributed by atoms with Crippen LogP contribution in [0.4, 0.5) is 0 Å². The fourth-order valence-corrected chi connectivity index (χ4v) is 6.86. The lowest BCUT2D eigenvalue weighted by atomic mass is 9.88. The van der Waals surface area contributed by atoms with Crippen LogP contribution in [0.25, 0.3) is 31.7 Å². The lowest BCUT2D eigenvalue weighted by Gasteiger charge is -2.33. The predicted octanol–water partition coefficient (Wildman–Crippen LogP) is 7.09. The Morgan fingerprint density at radius 3 is 2.53 bits per heavy atom. The van der Waals surface area contributed by atoms with Crippen LogP contribution in [-0.2, 0) is 24.2 Å². The van der Waals surface area contributed by atoms with Gasteiger partial charge >= 0.3 is 0 Å². The van der Waals surface area contributed by atoms with Gasteiger partial charge in [0.25, 0.3) is 0 Å². The second-order valence-electron chi connectivity index (χ2n) is 9.23. The van der Waals surface area contributed by atoms with Crippen LogP contribution in [0.1, 0.15) is 30.5 Å². The first-order valence-corrected chi connectivity index (χ1v) is 13.3. The normalized spacial score (nSPS) is 15.0. The van der Waals surface area contributed by atoms with E-state index < -0.39 is 0 Å². The quantitative estimate of drug-likeness (QED) is 0.197. The second-order valence-corrected chi connectivity index (χ2v) is 11.3. The van der Waals surface area contributed by atoms with E-state index >= 15 is 0 Å². The zero-order chi connectivity index (χ0) is 23.1. The van der Waals surface area contributed by atoms with Crippen LogP contribution in [0.5, 0.6) is 0 Å². The van der Waals surface area contributed by atoms with Gasteiger partial charge in [0.2, 0.25) is 0 Å². The number of aryl methyl sites for hydroxylation is 1. The number of nitrogens with zero attached hydrogens (tertiary/aromatic N) is 3. The summed E-state index contributed by atoms with van der Waals surface area (Å²) < 4.78 is 7.38. The molecule has 2 aromatic carbocycles. The monoisotopic (exact) mass is 483 g/mol. The molecule has 34 heavy (non-hydrogen) atoms. The van der Waals surface area contributed by atoms with Crippen LogP contribution in [-0.4, -0.2) is 26.3 Å². The molecule has 0 aliphatic carbocycles. The molecule has 5 aromatic rings. The van der Waals surface area contributed by atoms with Gasteiger partial charge in [-0.2, -0.15) is 0 Å². The number of aromatic nitrogens is 3. The van der Waals surface area contributed by atoms with Crippen molar-refractivity contribution in [2.45, 2.75) is 43.9 Å². The number of thioether (sulfide) groups is 1. The standard InChI is InChI=1S/C28H25N3OS2/c1-28(2)15-20-21(16-32-28)23(19-11-7-4-8-12-19)31-26-22(20)24-25(34-26)27(30-17-29-24)33-14-13-18-9-5-3-6-10-18/h3-12,17H,13-16H2,1-2H3. The molecule has 0 unspecified atom stereocenters. The lowest BCUT2D eigenvalue weighted by molar-refractivity contribution is -0.0394. The second kappa shape index (κ2) is 8.77. The zero-order valence-electron chi connectivity index (χ0n) is 19.2. The number of thiophene rings is 1. The maximum Gasteiger partial charge on any atom is 0.127 e. The fraction of sp³-hybridized carbons (Fsp3) is 0.250. The number of rotatable bonds is 5. The van der Waals surface area contributed by atoms with Crippen molar-refractivity contribution in [2.75, 3.05) is 5.75 Å². The summed E-state index contributed by atoms with van der Waals surface area (Å²) in [6.45, 7) is 4.90. The summed E-state index contributed by atoms with van der Waals surface area (Å²) in [6.07, 6.45) is 3.56. The van der Waals surface area contributed by atoms with Gasteiger partial charge in [-0.1, -0.05) is 60.7 Å². The number of fused-ring (bicyclic) bond motifs is 5. The number of benzene rings is 2. The Labute approximate surface area is 207 Å². The van der Waals surface area contributed by atoms with Gasteiger partial charge < -0.3 is 4.74 Å². The van der Waals surface area contributed by atoms with Crippen molar-refractivity contribution in [2.24, 2.45) is 0 Å². The molecule has 0 N–H and O–H groups in total. The van der Waals surface area contributed by atoms with E-state index in [1.54, 1.807) is 29.4 Å². The van der Waals surface area contributed by atoms with Crippen molar-refractivity contribution in [3.05, 3.63) is 83.7 Å². The summed E-state index contributed by atoms with van der Waals surface area (Å²) in [5.74, 6) is 0.978. The molecule has 0 bridgehead atoms. The third-order valence-corrected chi connectivity index (χ3v) is 8.52. The third-order valence-electron chi connectivity index (χ3n) is 6.32. The van der Waals surface area contributed by atoms with Gasteiger partial charge in [-0.25, -0.2) is 15.0 Å². The zero-order valence-corrected chi connectivity index (χ0v) is 20.9. The molecule has 0 saturated heterocycles. The molecule has 0 amide bonds. The van der Waals surface area contributed by atoms with Gasteiger partial charge in [0.15, 0.2) is 0 Å². The number of hydrogen-bond donors (Lipinski definition) is 0. The maximum absolute atomic E-state index is 6.24. The Morgan fingerprint density at radius 1 is 0.971 bits per heavy atom. The molecule has 0 spiro atoms. The van der Waals surface area contributed by atoms with E-state index in [2.05, 4.69) is 73.4 Å². The summed E-state index contributed by atoms with van der Waals surface area (Å²) in [7, 11) is 0. The largest absolute Gasteiger partial charge is 0.370 e. The lowest BCUT2D eigenvalue weighted by Crippen LogP contribution is -2.32. The fourth-order valence-electron chi connectivity index (χ4n) is 4.63. The molecule has 0 saturated carbocycles. The maximum atomic E-state index is 6.24. The minimum atomic E-state index is -0.218. The van der Waals surface area contributed by atoms with Crippen LogP contribution < -0.4 is 0 Å². The molecule has 0 fully saturated rings. The third kappa shape index (κ3) is 4.00. The minimum Gasteiger partial charge on any atom is -0.370 e. The first-order chi connectivity index (χ1) is 16.6. The first-order valence-electron chi connectivity index (χ1n) is 11.5.